The lowest BCUT2D eigenvalue weighted by Gasteiger charge is -2.08. The number of aryl methyl sites for hydroxylation is 1. The van der Waals surface area contributed by atoms with Crippen molar-refractivity contribution in [2.45, 2.75) is 26.2 Å². The van der Waals surface area contributed by atoms with E-state index in [1.807, 2.05) is 6.92 Å². The summed E-state index contributed by atoms with van der Waals surface area (Å²) in [5.41, 5.74) is 5.71. The molecule has 3 N–H and O–H groups in total. The normalized spacial score (nSPS) is 10.6. The first-order chi connectivity index (χ1) is 9.26. The average Bonchev–Trinajstić information content (AvgIpc) is 2.41. The molecule has 0 aliphatic heterocycles. The van der Waals surface area contributed by atoms with Gasteiger partial charge < -0.3 is 20.5 Å². The Bertz CT molecular complexity index is 360. The second-order valence-electron chi connectivity index (χ2n) is 4.19. The van der Waals surface area contributed by atoms with Gasteiger partial charge in [0, 0.05) is 32.7 Å². The summed E-state index contributed by atoms with van der Waals surface area (Å²) in [6, 6.07) is 1.76. The Balaban J connectivity index is 2.13. The van der Waals surface area contributed by atoms with E-state index >= 15 is 0 Å². The molecule has 1 aromatic heterocycles. The van der Waals surface area contributed by atoms with Gasteiger partial charge in [-0.2, -0.15) is 0 Å². The Kier molecular flexibility index (Phi) is 7.84. The highest BCUT2D eigenvalue weighted by Crippen LogP contribution is 2.08. The van der Waals surface area contributed by atoms with Gasteiger partial charge in [0.1, 0.15) is 17.5 Å². The molecule has 19 heavy (non-hydrogen) atoms. The largest absolute Gasteiger partial charge is 0.384 e. The van der Waals surface area contributed by atoms with Crippen LogP contribution in [0.15, 0.2) is 6.07 Å². The lowest BCUT2D eigenvalue weighted by molar-refractivity contribution is 0.0691. The van der Waals surface area contributed by atoms with E-state index in [2.05, 4.69) is 15.3 Å². The van der Waals surface area contributed by atoms with Crippen molar-refractivity contribution in [1.29, 1.82) is 0 Å². The molecule has 0 bridgehead atoms. The van der Waals surface area contributed by atoms with Crippen LogP contribution in [-0.4, -0.2) is 43.4 Å². The third-order valence-electron chi connectivity index (χ3n) is 2.56. The predicted molar refractivity (Wildman–Crippen MR) is 76.2 cm³/mol. The minimum Gasteiger partial charge on any atom is -0.384 e. The third-order valence-corrected chi connectivity index (χ3v) is 2.56. The maximum Gasteiger partial charge on any atom is 0.132 e. The highest BCUT2D eigenvalue weighted by atomic mass is 16.5. The van der Waals surface area contributed by atoms with Gasteiger partial charge in [0.25, 0.3) is 0 Å². The van der Waals surface area contributed by atoms with Crippen molar-refractivity contribution in [2.24, 2.45) is 0 Å². The molecule has 1 heterocycles. The van der Waals surface area contributed by atoms with Gasteiger partial charge in [-0.15, -0.1) is 0 Å². The average molecular weight is 268 g/mol. The second kappa shape index (κ2) is 9.52. The number of hydrogen-bond acceptors (Lipinski definition) is 6. The quantitative estimate of drug-likeness (QED) is 0.625. The van der Waals surface area contributed by atoms with E-state index in [1.54, 1.807) is 13.2 Å². The number of methoxy groups -OCH3 is 1. The Hall–Kier alpha value is -1.40. The molecule has 0 fully saturated rings. The van der Waals surface area contributed by atoms with E-state index < -0.39 is 0 Å². The van der Waals surface area contributed by atoms with Crippen LogP contribution < -0.4 is 11.1 Å². The fourth-order valence-corrected chi connectivity index (χ4v) is 1.56. The van der Waals surface area contributed by atoms with Gasteiger partial charge in [0.15, 0.2) is 0 Å². The molecule has 0 spiro atoms. The molecule has 1 rings (SSSR count). The maximum atomic E-state index is 5.71. The SMILES string of the molecule is CCc1nc(N)cc(NCCCCOCCOC)n1. The third kappa shape index (κ3) is 6.93. The molecular weight excluding hydrogens is 244 g/mol. The Morgan fingerprint density at radius 3 is 2.79 bits per heavy atom. The predicted octanol–water partition coefficient (Wildman–Crippen LogP) is 1.48. The number of ether oxygens (including phenoxy) is 2. The number of nitrogen functional groups attached to an aromatic ring is 1. The zero-order valence-electron chi connectivity index (χ0n) is 11.8. The fraction of sp³-hybridized carbons (Fsp3) is 0.692. The van der Waals surface area contributed by atoms with Crippen molar-refractivity contribution in [3.8, 4) is 0 Å². The van der Waals surface area contributed by atoms with E-state index in [0.29, 0.717) is 19.0 Å². The summed E-state index contributed by atoms with van der Waals surface area (Å²) >= 11 is 0. The van der Waals surface area contributed by atoms with Crippen LogP contribution in [0.4, 0.5) is 11.6 Å². The minimum absolute atomic E-state index is 0.511. The van der Waals surface area contributed by atoms with Crippen LogP contribution in [0, 0.1) is 0 Å². The topological polar surface area (TPSA) is 82.3 Å². The molecule has 0 aliphatic carbocycles. The molecular formula is C13H24N4O2. The zero-order chi connectivity index (χ0) is 13.9. The number of nitrogens with two attached hydrogens (primary N) is 1. The van der Waals surface area contributed by atoms with Crippen molar-refractivity contribution in [3.05, 3.63) is 11.9 Å². The fourth-order valence-electron chi connectivity index (χ4n) is 1.56. The number of rotatable bonds is 10. The van der Waals surface area contributed by atoms with Crippen LogP contribution in [0.2, 0.25) is 0 Å². The molecule has 1 aromatic rings. The molecule has 6 nitrogen and oxygen atoms in total. The van der Waals surface area contributed by atoms with Crippen molar-refractivity contribution in [1.82, 2.24) is 9.97 Å². The summed E-state index contributed by atoms with van der Waals surface area (Å²) in [5.74, 6) is 2.08. The minimum atomic E-state index is 0.511. The van der Waals surface area contributed by atoms with Crippen LogP contribution in [-0.2, 0) is 15.9 Å². The summed E-state index contributed by atoms with van der Waals surface area (Å²) in [5, 5.41) is 3.25. The van der Waals surface area contributed by atoms with E-state index in [4.69, 9.17) is 15.2 Å². The van der Waals surface area contributed by atoms with E-state index in [9.17, 15) is 0 Å². The van der Waals surface area contributed by atoms with Crippen LogP contribution in [0.25, 0.3) is 0 Å². The van der Waals surface area contributed by atoms with Crippen LogP contribution >= 0.6 is 0 Å². The highest BCUT2D eigenvalue weighted by Gasteiger charge is 2.00. The molecule has 0 atom stereocenters. The summed E-state index contributed by atoms with van der Waals surface area (Å²) in [7, 11) is 1.67. The van der Waals surface area contributed by atoms with Crippen LogP contribution in [0.5, 0.6) is 0 Å². The molecule has 0 radical (unpaired) electrons. The second-order valence-corrected chi connectivity index (χ2v) is 4.19. The Labute approximate surface area is 114 Å². The van der Waals surface area contributed by atoms with Gasteiger partial charge in [-0.1, -0.05) is 6.92 Å². The van der Waals surface area contributed by atoms with Crippen molar-refractivity contribution in [3.63, 3.8) is 0 Å². The molecule has 0 aromatic carbocycles. The maximum absolute atomic E-state index is 5.71. The van der Waals surface area contributed by atoms with Gasteiger partial charge in [0.2, 0.25) is 0 Å². The number of hydrogen-bond donors (Lipinski definition) is 2. The van der Waals surface area contributed by atoms with Crippen molar-refractivity contribution < 1.29 is 9.47 Å². The van der Waals surface area contributed by atoms with Crippen LogP contribution in [0.3, 0.4) is 0 Å². The Morgan fingerprint density at radius 1 is 1.21 bits per heavy atom. The Morgan fingerprint density at radius 2 is 2.05 bits per heavy atom. The van der Waals surface area contributed by atoms with Gasteiger partial charge >= 0.3 is 0 Å². The smallest absolute Gasteiger partial charge is 0.132 e. The molecule has 0 saturated heterocycles. The monoisotopic (exact) mass is 268 g/mol. The lowest BCUT2D eigenvalue weighted by atomic mass is 10.3. The number of aromatic nitrogens is 2. The number of unbranched alkanes of at least 4 members (excludes halogenated alkanes) is 1. The lowest BCUT2D eigenvalue weighted by Crippen LogP contribution is -2.09. The van der Waals surface area contributed by atoms with Gasteiger partial charge in [-0.05, 0) is 12.8 Å². The van der Waals surface area contributed by atoms with Crippen molar-refractivity contribution >= 4 is 11.6 Å². The first-order valence-electron chi connectivity index (χ1n) is 6.70. The number of anilines is 2. The number of nitrogens with zero attached hydrogens (tertiary/aromatic N) is 2. The van der Waals surface area contributed by atoms with Gasteiger partial charge in [-0.3, -0.25) is 0 Å². The summed E-state index contributed by atoms with van der Waals surface area (Å²) < 4.78 is 10.3. The van der Waals surface area contributed by atoms with Crippen molar-refractivity contribution in [2.75, 3.05) is 44.5 Å². The molecule has 6 heteroatoms. The van der Waals surface area contributed by atoms with E-state index in [0.717, 1.165) is 44.1 Å². The summed E-state index contributed by atoms with van der Waals surface area (Å²) in [6.07, 6.45) is 2.82. The highest BCUT2D eigenvalue weighted by molar-refractivity contribution is 5.44. The molecule has 108 valence electrons. The first kappa shape index (κ1) is 15.7. The van der Waals surface area contributed by atoms with E-state index in [1.165, 1.54) is 0 Å². The van der Waals surface area contributed by atoms with E-state index in [-0.39, 0.29) is 0 Å². The molecule has 0 amide bonds. The first-order valence-corrected chi connectivity index (χ1v) is 6.70. The summed E-state index contributed by atoms with van der Waals surface area (Å²) in [4.78, 5) is 8.49. The van der Waals surface area contributed by atoms with Gasteiger partial charge in [-0.25, -0.2) is 9.97 Å². The standard InChI is InChI=1S/C13H24N4O2/c1-3-12-16-11(14)10-13(17-12)15-6-4-5-7-19-9-8-18-2/h10H,3-9H2,1-2H3,(H3,14,15,16,17). The summed E-state index contributed by atoms with van der Waals surface area (Å²) in [6.45, 7) is 4.94. The van der Waals surface area contributed by atoms with Crippen LogP contribution in [0.1, 0.15) is 25.6 Å². The van der Waals surface area contributed by atoms with Gasteiger partial charge in [0.05, 0.1) is 13.2 Å². The molecule has 0 saturated carbocycles. The zero-order valence-corrected chi connectivity index (χ0v) is 11.8. The number of nitrogens with one attached hydrogen (secondary N) is 1. The molecule has 0 unspecified atom stereocenters. The molecule has 0 aliphatic rings.